The molecule has 0 aromatic heterocycles. The zero-order valence-corrected chi connectivity index (χ0v) is 27.3. The van der Waals surface area contributed by atoms with Crippen molar-refractivity contribution in [3.63, 3.8) is 0 Å². The Balaban J connectivity index is 1.13. The van der Waals surface area contributed by atoms with Crippen molar-refractivity contribution in [2.45, 2.75) is 29.5 Å². The third kappa shape index (κ3) is 4.56. The fourth-order valence-corrected chi connectivity index (χ4v) is 8.10. The smallest absolute Gasteiger partial charge is 0.144 e. The average Bonchev–Trinajstić information content (AvgIpc) is 3.63. The summed E-state index contributed by atoms with van der Waals surface area (Å²) in [4.78, 5) is 0. The van der Waals surface area contributed by atoms with E-state index in [0.29, 0.717) is 0 Å². The highest BCUT2D eigenvalue weighted by Crippen LogP contribution is 2.51. The van der Waals surface area contributed by atoms with Crippen LogP contribution in [-0.4, -0.2) is 50.3 Å². The molecule has 4 atom stereocenters. The summed E-state index contributed by atoms with van der Waals surface area (Å²) in [5.41, 5.74) is 1.63. The molecule has 49 heavy (non-hydrogen) atoms. The monoisotopic (exact) mass is 648 g/mol. The van der Waals surface area contributed by atoms with Crippen LogP contribution in [0.1, 0.15) is 28.4 Å². The van der Waals surface area contributed by atoms with E-state index in [-0.39, 0.29) is 13.2 Å². The lowest BCUT2D eigenvalue weighted by molar-refractivity contribution is -0.184. The molecule has 2 bridgehead atoms. The van der Waals surface area contributed by atoms with E-state index in [1.807, 2.05) is 66.7 Å². The maximum Gasteiger partial charge on any atom is 0.144 e. The van der Waals surface area contributed by atoms with Gasteiger partial charge in [0, 0.05) is 0 Å². The molecule has 0 amide bonds. The molecule has 2 aliphatic heterocycles. The predicted molar refractivity (Wildman–Crippen MR) is 191 cm³/mol. The van der Waals surface area contributed by atoms with Crippen LogP contribution >= 0.6 is 0 Å². The lowest BCUT2D eigenvalue weighted by atomic mass is 9.79. The van der Waals surface area contributed by atoms with E-state index in [0.717, 1.165) is 39.1 Å². The van der Waals surface area contributed by atoms with E-state index < -0.39 is 29.5 Å². The van der Waals surface area contributed by atoms with Crippen LogP contribution in [0.25, 0.3) is 32.3 Å². The molecule has 2 heterocycles. The molecule has 6 heteroatoms. The second kappa shape index (κ2) is 11.6. The van der Waals surface area contributed by atoms with Gasteiger partial charge in [-0.2, -0.15) is 0 Å². The van der Waals surface area contributed by atoms with E-state index in [4.69, 9.17) is 23.7 Å². The first kappa shape index (κ1) is 30.1. The van der Waals surface area contributed by atoms with Crippen LogP contribution in [0.3, 0.4) is 0 Å². The van der Waals surface area contributed by atoms with Crippen molar-refractivity contribution in [3.05, 3.63) is 156 Å². The Labute approximate surface area is 284 Å². The number of aliphatic hydroxyl groups excluding tert-OH is 1. The Bertz CT molecular complexity index is 2200. The van der Waals surface area contributed by atoms with Gasteiger partial charge in [0.1, 0.15) is 41.0 Å². The zero-order chi connectivity index (χ0) is 33.2. The maximum absolute atomic E-state index is 11.9. The van der Waals surface area contributed by atoms with Gasteiger partial charge in [-0.3, -0.25) is 0 Å². The highest BCUT2D eigenvalue weighted by atomic mass is 16.7. The lowest BCUT2D eigenvalue weighted by Crippen LogP contribution is -2.48. The van der Waals surface area contributed by atoms with Crippen LogP contribution < -0.4 is 9.47 Å². The van der Waals surface area contributed by atoms with E-state index in [2.05, 4.69) is 66.7 Å². The van der Waals surface area contributed by atoms with Crippen LogP contribution in [0.5, 0.6) is 11.5 Å². The van der Waals surface area contributed by atoms with E-state index in [9.17, 15) is 5.11 Å². The Kier molecular flexibility index (Phi) is 7.11. The van der Waals surface area contributed by atoms with Gasteiger partial charge in [-0.25, -0.2) is 0 Å². The van der Waals surface area contributed by atoms with Crippen molar-refractivity contribution in [2.75, 3.05) is 27.4 Å². The van der Waals surface area contributed by atoms with Gasteiger partial charge in [0.25, 0.3) is 0 Å². The van der Waals surface area contributed by atoms with Crippen molar-refractivity contribution < 1.29 is 28.8 Å². The molecule has 7 aromatic rings. The fraction of sp³-hybridized carbons (Fsp3) is 0.209. The summed E-state index contributed by atoms with van der Waals surface area (Å²) in [5.74, 6) is 1.49. The van der Waals surface area contributed by atoms with Crippen LogP contribution in [0, 0.1) is 0 Å². The Morgan fingerprint density at radius 2 is 1.22 bits per heavy atom. The summed E-state index contributed by atoms with van der Waals surface area (Å²) in [6.07, 6.45) is -1.89. The van der Waals surface area contributed by atoms with Gasteiger partial charge in [-0.1, -0.05) is 109 Å². The number of ether oxygens (including phenoxy) is 5. The summed E-state index contributed by atoms with van der Waals surface area (Å²) in [5, 5.41) is 19.1. The number of hydrogen-bond donors (Lipinski definition) is 1. The molecule has 0 unspecified atom stereocenters. The van der Waals surface area contributed by atoms with Crippen molar-refractivity contribution in [1.29, 1.82) is 0 Å². The molecule has 2 saturated heterocycles. The average molecular weight is 649 g/mol. The first-order chi connectivity index (χ1) is 24.0. The van der Waals surface area contributed by atoms with E-state index in [1.54, 1.807) is 14.2 Å². The van der Waals surface area contributed by atoms with Gasteiger partial charge >= 0.3 is 0 Å². The first-order valence-electron chi connectivity index (χ1n) is 16.7. The van der Waals surface area contributed by atoms with Crippen molar-refractivity contribution in [1.82, 2.24) is 0 Å². The quantitative estimate of drug-likeness (QED) is 0.126. The van der Waals surface area contributed by atoms with Crippen LogP contribution in [0.2, 0.25) is 0 Å². The molecule has 0 radical (unpaired) electrons. The first-order valence-corrected chi connectivity index (χ1v) is 16.7. The topological polar surface area (TPSA) is 66.4 Å². The Morgan fingerprint density at radius 3 is 1.86 bits per heavy atom. The Hall–Kier alpha value is -4.98. The van der Waals surface area contributed by atoms with Crippen molar-refractivity contribution in [2.24, 2.45) is 0 Å². The number of methoxy groups -OCH3 is 2. The molecule has 0 saturated carbocycles. The zero-order valence-electron chi connectivity index (χ0n) is 27.3. The lowest BCUT2D eigenvalue weighted by Gasteiger charge is -2.40. The molecule has 0 spiro atoms. The third-order valence-electron chi connectivity index (χ3n) is 10.6. The van der Waals surface area contributed by atoms with Crippen LogP contribution in [0.4, 0.5) is 0 Å². The molecule has 9 rings (SSSR count). The molecule has 244 valence electrons. The number of benzene rings is 7. The summed E-state index contributed by atoms with van der Waals surface area (Å²) in [6.45, 7) is 0.303. The SMILES string of the molecule is COc1ccc(C(OC[C@@]23CO[C@@H]([C@H]2O)[C@H](c2ccc4ccc5cccc6ccc2c4c56)O3)(c2ccccc2)c2ccc(OC)cc2)cc1. The van der Waals surface area contributed by atoms with Crippen LogP contribution in [-0.2, 0) is 19.8 Å². The highest BCUT2D eigenvalue weighted by Gasteiger charge is 2.62. The summed E-state index contributed by atoms with van der Waals surface area (Å²) in [7, 11) is 3.32. The van der Waals surface area contributed by atoms with Crippen molar-refractivity contribution in [3.8, 4) is 11.5 Å². The minimum absolute atomic E-state index is 0.0833. The molecular weight excluding hydrogens is 612 g/mol. The van der Waals surface area contributed by atoms with E-state index in [1.165, 1.54) is 26.9 Å². The molecule has 7 aromatic carbocycles. The van der Waals surface area contributed by atoms with E-state index >= 15 is 0 Å². The highest BCUT2D eigenvalue weighted by molar-refractivity contribution is 6.23. The third-order valence-corrected chi connectivity index (χ3v) is 10.6. The number of rotatable bonds is 9. The molecule has 1 N–H and O–H groups in total. The summed E-state index contributed by atoms with van der Waals surface area (Å²) < 4.78 is 31.6. The molecule has 0 aliphatic carbocycles. The second-order valence-electron chi connectivity index (χ2n) is 13.1. The molecule has 2 aliphatic rings. The minimum Gasteiger partial charge on any atom is -0.497 e. The van der Waals surface area contributed by atoms with Gasteiger partial charge < -0.3 is 28.8 Å². The number of fused-ring (bicyclic) bond motifs is 2. The molecule has 2 fully saturated rings. The fourth-order valence-electron chi connectivity index (χ4n) is 8.10. The van der Waals surface area contributed by atoms with Gasteiger partial charge in [0.05, 0.1) is 27.4 Å². The van der Waals surface area contributed by atoms with Gasteiger partial charge in [-0.15, -0.1) is 0 Å². The summed E-state index contributed by atoms with van der Waals surface area (Å²) in [6, 6.07) is 45.5. The largest absolute Gasteiger partial charge is 0.497 e. The predicted octanol–water partition coefficient (Wildman–Crippen LogP) is 8.18. The minimum atomic E-state index is -1.09. The Morgan fingerprint density at radius 1 is 0.653 bits per heavy atom. The number of aliphatic hydroxyl groups is 1. The van der Waals surface area contributed by atoms with Gasteiger partial charge in [0.15, 0.2) is 0 Å². The van der Waals surface area contributed by atoms with Crippen molar-refractivity contribution >= 4 is 32.3 Å². The van der Waals surface area contributed by atoms with Gasteiger partial charge in [-0.05, 0) is 78.8 Å². The normalized spacial score (nSPS) is 22.0. The number of hydrogen-bond acceptors (Lipinski definition) is 6. The maximum atomic E-state index is 11.9. The summed E-state index contributed by atoms with van der Waals surface area (Å²) >= 11 is 0. The standard InChI is InChI=1S/C43H36O6/c1-45-33-19-15-31(16-20-33)43(30-9-4-3-5-10-30,32-17-21-34(46-2)22-18-32)48-26-42-25-47-40(41(42)44)39(49-42)36-24-14-29-12-11-27-7-6-8-28-13-23-35(36)38(29)37(27)28/h3-24,39-41,44H,25-26H2,1-2H3/t39-,40+,41+,42-/m0/s1. The van der Waals surface area contributed by atoms with Gasteiger partial charge in [0.2, 0.25) is 0 Å². The second-order valence-corrected chi connectivity index (χ2v) is 13.1. The molecular formula is C43H36O6. The molecule has 6 nitrogen and oxygen atoms in total. The van der Waals surface area contributed by atoms with Crippen LogP contribution in [0.15, 0.2) is 133 Å².